The summed E-state index contributed by atoms with van der Waals surface area (Å²) >= 11 is 0. The quantitative estimate of drug-likeness (QED) is 0.278. The molecule has 3 aliphatic rings. The summed E-state index contributed by atoms with van der Waals surface area (Å²) in [7, 11) is -3.59. The van der Waals surface area contributed by atoms with Crippen molar-refractivity contribution in [2.45, 2.75) is 84.5 Å². The summed E-state index contributed by atoms with van der Waals surface area (Å²) in [5.74, 6) is -0.525. The van der Waals surface area contributed by atoms with Crippen molar-refractivity contribution in [2.24, 2.45) is 11.8 Å². The summed E-state index contributed by atoms with van der Waals surface area (Å²) < 4.78 is 37.8. The van der Waals surface area contributed by atoms with Crippen LogP contribution < -0.4 is 4.74 Å². The van der Waals surface area contributed by atoms with E-state index in [9.17, 15) is 22.8 Å². The highest BCUT2D eigenvalue weighted by atomic mass is 32.2. The number of Topliss-reactive ketones (excluding diaryl/α,β-unsaturated/α-hetero) is 1. The van der Waals surface area contributed by atoms with E-state index in [1.807, 2.05) is 56.3 Å². The highest BCUT2D eigenvalue weighted by molar-refractivity contribution is 7.91. The van der Waals surface area contributed by atoms with Crippen molar-refractivity contribution in [3.63, 3.8) is 0 Å². The summed E-state index contributed by atoms with van der Waals surface area (Å²) in [4.78, 5) is 47.8. The zero-order valence-electron chi connectivity index (χ0n) is 29.3. The lowest BCUT2D eigenvalue weighted by atomic mass is 9.95. The van der Waals surface area contributed by atoms with Crippen molar-refractivity contribution < 1.29 is 32.3 Å². The molecule has 0 spiro atoms. The van der Waals surface area contributed by atoms with Crippen LogP contribution in [0.5, 0.6) is 5.88 Å². The first-order valence-corrected chi connectivity index (χ1v) is 19.3. The van der Waals surface area contributed by atoms with Crippen LogP contribution >= 0.6 is 0 Å². The van der Waals surface area contributed by atoms with Crippen molar-refractivity contribution in [1.82, 2.24) is 24.6 Å². The third-order valence-corrected chi connectivity index (χ3v) is 10.2. The second kappa shape index (κ2) is 13.4. The maximum absolute atomic E-state index is 13.6. The first-order valence-electron chi connectivity index (χ1n) is 17.2. The molecule has 1 saturated carbocycles. The van der Waals surface area contributed by atoms with Gasteiger partial charge in [0.1, 0.15) is 17.0 Å². The molecule has 4 heterocycles. The molecule has 2 aromatic heterocycles. The summed E-state index contributed by atoms with van der Waals surface area (Å²) in [6, 6.07) is 8.92. The molecule has 12 nitrogen and oxygen atoms in total. The van der Waals surface area contributed by atoms with E-state index in [1.165, 1.54) is 0 Å². The fraction of sp³-hybridized carbons (Fsp3) is 0.583. The average Bonchev–Trinajstić information content (AvgIpc) is 3.71. The van der Waals surface area contributed by atoms with Crippen molar-refractivity contribution in [3.8, 4) is 17.0 Å². The van der Waals surface area contributed by atoms with Gasteiger partial charge in [0.2, 0.25) is 5.88 Å². The topological polar surface area (TPSA) is 141 Å². The van der Waals surface area contributed by atoms with Crippen LogP contribution in [-0.2, 0) is 14.6 Å². The highest BCUT2D eigenvalue weighted by Gasteiger charge is 2.44. The van der Waals surface area contributed by atoms with Gasteiger partial charge in [-0.25, -0.2) is 22.9 Å². The van der Waals surface area contributed by atoms with Crippen LogP contribution in [0.25, 0.3) is 22.2 Å². The number of aromatic nitrogens is 3. The van der Waals surface area contributed by atoms with Gasteiger partial charge in [0.05, 0.1) is 17.5 Å². The Morgan fingerprint density at radius 2 is 1.55 bits per heavy atom. The normalized spacial score (nSPS) is 20.2. The van der Waals surface area contributed by atoms with E-state index in [4.69, 9.17) is 19.6 Å². The maximum Gasteiger partial charge on any atom is 0.410 e. The largest absolute Gasteiger partial charge is 0.473 e. The number of carbonyl (C=O) groups is 3. The second-order valence-corrected chi connectivity index (χ2v) is 17.3. The minimum atomic E-state index is -3.59. The Bertz CT molecular complexity index is 1840. The molecule has 0 bridgehead atoms. The molecule has 0 N–H and O–H groups in total. The molecule has 264 valence electrons. The van der Waals surface area contributed by atoms with Gasteiger partial charge in [-0.15, -0.1) is 5.10 Å². The number of amides is 2. The summed E-state index contributed by atoms with van der Waals surface area (Å²) in [5.41, 5.74) is 1.86. The number of pyridine rings is 1. The van der Waals surface area contributed by atoms with E-state index in [-0.39, 0.29) is 41.7 Å². The molecule has 2 amide bonds. The predicted octanol–water partition coefficient (Wildman–Crippen LogP) is 5.56. The Morgan fingerprint density at radius 1 is 0.939 bits per heavy atom. The Kier molecular flexibility index (Phi) is 9.51. The molecule has 1 aliphatic carbocycles. The molecule has 2 saturated heterocycles. The van der Waals surface area contributed by atoms with Gasteiger partial charge in [-0.05, 0) is 71.2 Å². The molecule has 2 atom stereocenters. The van der Waals surface area contributed by atoms with E-state index >= 15 is 0 Å². The van der Waals surface area contributed by atoms with Crippen LogP contribution in [0.2, 0.25) is 0 Å². The number of nitrogens with zero attached hydrogens (tertiary/aromatic N) is 5. The first kappa shape index (κ1) is 34.8. The number of fused-ring (bicyclic) bond motifs is 2. The molecule has 0 radical (unpaired) electrons. The molecular formula is C36H47N5O7S. The van der Waals surface area contributed by atoms with Crippen molar-refractivity contribution >= 4 is 38.7 Å². The van der Waals surface area contributed by atoms with Crippen LogP contribution in [0, 0.1) is 11.8 Å². The van der Waals surface area contributed by atoms with E-state index < -0.39 is 27.0 Å². The van der Waals surface area contributed by atoms with Crippen molar-refractivity contribution in [3.05, 3.63) is 41.6 Å². The number of ketones is 1. The molecule has 3 fully saturated rings. The number of likely N-dealkylation sites (tertiary alicyclic amines) is 2. The third-order valence-electron chi connectivity index (χ3n) is 9.44. The lowest BCUT2D eigenvalue weighted by Gasteiger charge is -2.26. The molecule has 1 aromatic carbocycles. The Hall–Kier alpha value is -4.00. The van der Waals surface area contributed by atoms with Gasteiger partial charge in [-0.1, -0.05) is 31.4 Å². The molecule has 2 aliphatic heterocycles. The number of rotatable bonds is 8. The molecule has 6 rings (SSSR count). The van der Waals surface area contributed by atoms with Gasteiger partial charge >= 0.3 is 6.09 Å². The molecule has 3 aromatic rings. The van der Waals surface area contributed by atoms with E-state index in [1.54, 1.807) is 23.1 Å². The SMILES string of the molecule is CC(C)Oc1nn(C2CCCCC2)c2nc(C(=O)CS(C)(=O)=O)cc(-c3ccc(C(=O)N4CC5CN(C(=O)OC(C)(C)C)CC5C4)cc3)c12. The minimum Gasteiger partial charge on any atom is -0.473 e. The molecule has 13 heteroatoms. The number of carbonyl (C=O) groups excluding carboxylic acids is 3. The van der Waals surface area contributed by atoms with Crippen LogP contribution in [-0.4, -0.2) is 101 Å². The second-order valence-electron chi connectivity index (χ2n) is 15.1. The van der Waals surface area contributed by atoms with E-state index in [0.29, 0.717) is 54.2 Å². The van der Waals surface area contributed by atoms with Gasteiger partial charge in [-0.2, -0.15) is 0 Å². The molecule has 2 unspecified atom stereocenters. The summed E-state index contributed by atoms with van der Waals surface area (Å²) in [6.07, 6.45) is 5.65. The van der Waals surface area contributed by atoms with Crippen molar-refractivity contribution in [1.29, 1.82) is 0 Å². The Labute approximate surface area is 288 Å². The average molecular weight is 694 g/mol. The van der Waals surface area contributed by atoms with Crippen LogP contribution in [0.1, 0.15) is 93.6 Å². The van der Waals surface area contributed by atoms with Crippen LogP contribution in [0.4, 0.5) is 4.79 Å². The molecular weight excluding hydrogens is 646 g/mol. The summed E-state index contributed by atoms with van der Waals surface area (Å²) in [6.45, 7) is 11.7. The van der Waals surface area contributed by atoms with Gasteiger partial charge < -0.3 is 19.3 Å². The predicted molar refractivity (Wildman–Crippen MR) is 186 cm³/mol. The zero-order chi connectivity index (χ0) is 35.2. The van der Waals surface area contributed by atoms with Gasteiger partial charge in [0, 0.05) is 55.4 Å². The third kappa shape index (κ3) is 7.76. The lowest BCUT2D eigenvalue weighted by molar-refractivity contribution is 0.0275. The smallest absolute Gasteiger partial charge is 0.410 e. The molecule has 49 heavy (non-hydrogen) atoms. The monoisotopic (exact) mass is 693 g/mol. The van der Waals surface area contributed by atoms with E-state index in [2.05, 4.69) is 0 Å². The number of hydrogen-bond donors (Lipinski definition) is 0. The fourth-order valence-corrected chi connectivity index (χ4v) is 7.91. The van der Waals surface area contributed by atoms with Crippen LogP contribution in [0.15, 0.2) is 30.3 Å². The zero-order valence-corrected chi connectivity index (χ0v) is 30.1. The van der Waals surface area contributed by atoms with E-state index in [0.717, 1.165) is 43.9 Å². The lowest BCUT2D eigenvalue weighted by Crippen LogP contribution is -2.38. The highest BCUT2D eigenvalue weighted by Crippen LogP contribution is 2.40. The Balaban J connectivity index is 1.30. The summed E-state index contributed by atoms with van der Waals surface area (Å²) in [5, 5.41) is 5.53. The van der Waals surface area contributed by atoms with Crippen molar-refractivity contribution in [2.75, 3.05) is 38.2 Å². The standard InChI is InChI=1S/C36H47N5O7S/c1-22(2)47-33-31-28(16-29(30(42)21-49(6,45)46)37-32(31)41(38-33)27-10-8-7-9-11-27)23-12-14-24(15-13-23)34(43)39-17-25-19-40(20-26(25)18-39)35(44)48-36(3,4)5/h12-16,22,25-27H,7-11,17-21H2,1-6H3. The first-order chi connectivity index (χ1) is 23.1. The van der Waals surface area contributed by atoms with Gasteiger partial charge in [0.15, 0.2) is 21.3 Å². The minimum absolute atomic E-state index is 0.0465. The Morgan fingerprint density at radius 3 is 2.12 bits per heavy atom. The number of sulfone groups is 1. The maximum atomic E-state index is 13.6. The van der Waals surface area contributed by atoms with Gasteiger partial charge in [-0.3, -0.25) is 9.59 Å². The number of benzene rings is 1. The fourth-order valence-electron chi connectivity index (χ4n) is 7.28. The van der Waals surface area contributed by atoms with Crippen LogP contribution in [0.3, 0.4) is 0 Å². The number of hydrogen-bond acceptors (Lipinski definition) is 9. The van der Waals surface area contributed by atoms with Gasteiger partial charge in [0.25, 0.3) is 5.91 Å². The number of ether oxygens (including phenoxy) is 2.